The highest BCUT2D eigenvalue weighted by atomic mass is 14.6. The van der Waals surface area contributed by atoms with Gasteiger partial charge in [0.2, 0.25) is 0 Å². The van der Waals surface area contributed by atoms with Crippen molar-refractivity contribution < 1.29 is 0 Å². The molecule has 0 aliphatic carbocycles. The predicted octanol–water partition coefficient (Wildman–Crippen LogP) is 3.77. The summed E-state index contributed by atoms with van der Waals surface area (Å²) in [5.41, 5.74) is 24.3. The Labute approximate surface area is 124 Å². The zero-order chi connectivity index (χ0) is 14.8. The number of rotatable bonds is 2. The molecule has 3 rings (SSSR count). The van der Waals surface area contributed by atoms with Crippen molar-refractivity contribution in [2.24, 2.45) is 0 Å². The molecule has 0 aromatic heterocycles. The highest BCUT2D eigenvalue weighted by Crippen LogP contribution is 2.38. The Kier molecular flexibility index (Phi) is 3.24. The van der Waals surface area contributed by atoms with Crippen LogP contribution >= 0.6 is 0 Å². The first-order valence-corrected chi connectivity index (χ1v) is 6.76. The minimum Gasteiger partial charge on any atom is -0.398 e. The monoisotopic (exact) mass is 275 g/mol. The van der Waals surface area contributed by atoms with E-state index in [2.05, 4.69) is 0 Å². The van der Waals surface area contributed by atoms with Gasteiger partial charge in [0.25, 0.3) is 0 Å². The van der Waals surface area contributed by atoms with Crippen LogP contribution in [0.2, 0.25) is 0 Å². The van der Waals surface area contributed by atoms with Gasteiger partial charge in [-0.15, -0.1) is 0 Å². The maximum atomic E-state index is 6.37. The van der Waals surface area contributed by atoms with Gasteiger partial charge in [-0.25, -0.2) is 0 Å². The van der Waals surface area contributed by atoms with Crippen molar-refractivity contribution in [3.8, 4) is 22.3 Å². The zero-order valence-corrected chi connectivity index (χ0v) is 11.6. The SMILES string of the molecule is Nc1ccccc1-c1cccc(-c2ccccc2N)c1N. The Morgan fingerprint density at radius 3 is 1.24 bits per heavy atom. The molecule has 6 N–H and O–H groups in total. The maximum absolute atomic E-state index is 6.37. The molecule has 0 amide bonds. The van der Waals surface area contributed by atoms with Crippen LogP contribution in [0, 0.1) is 0 Å². The summed E-state index contributed by atoms with van der Waals surface area (Å²) < 4.78 is 0. The molecule has 0 heterocycles. The molecule has 21 heavy (non-hydrogen) atoms. The fourth-order valence-electron chi connectivity index (χ4n) is 2.52. The average Bonchev–Trinajstić information content (AvgIpc) is 2.49. The third-order valence-corrected chi connectivity index (χ3v) is 3.61. The van der Waals surface area contributed by atoms with Crippen molar-refractivity contribution in [1.29, 1.82) is 0 Å². The lowest BCUT2D eigenvalue weighted by Crippen LogP contribution is -1.98. The van der Waals surface area contributed by atoms with E-state index in [1.165, 1.54) is 0 Å². The van der Waals surface area contributed by atoms with Crippen LogP contribution in [-0.4, -0.2) is 0 Å². The second-order valence-corrected chi connectivity index (χ2v) is 4.94. The summed E-state index contributed by atoms with van der Waals surface area (Å²) in [6, 6.07) is 21.3. The summed E-state index contributed by atoms with van der Waals surface area (Å²) >= 11 is 0. The van der Waals surface area contributed by atoms with E-state index in [1.807, 2.05) is 66.7 Å². The summed E-state index contributed by atoms with van der Waals surface area (Å²) in [7, 11) is 0. The Bertz CT molecular complexity index is 730. The van der Waals surface area contributed by atoms with Gasteiger partial charge in [0.15, 0.2) is 0 Å². The molecule has 3 nitrogen and oxygen atoms in total. The van der Waals surface area contributed by atoms with Crippen LogP contribution in [0.1, 0.15) is 0 Å². The normalized spacial score (nSPS) is 10.5. The van der Waals surface area contributed by atoms with Gasteiger partial charge >= 0.3 is 0 Å². The van der Waals surface area contributed by atoms with Crippen molar-refractivity contribution in [3.63, 3.8) is 0 Å². The van der Waals surface area contributed by atoms with Gasteiger partial charge in [0, 0.05) is 39.3 Å². The molecule has 3 aromatic rings. The van der Waals surface area contributed by atoms with Gasteiger partial charge in [0.05, 0.1) is 0 Å². The van der Waals surface area contributed by atoms with E-state index >= 15 is 0 Å². The van der Waals surface area contributed by atoms with Crippen LogP contribution in [0.5, 0.6) is 0 Å². The minimum absolute atomic E-state index is 0.688. The number of nitrogen functional groups attached to an aromatic ring is 3. The lowest BCUT2D eigenvalue weighted by atomic mass is 9.95. The fraction of sp³-hybridized carbons (Fsp3) is 0. The van der Waals surface area contributed by atoms with Gasteiger partial charge in [-0.3, -0.25) is 0 Å². The van der Waals surface area contributed by atoms with Crippen LogP contribution in [-0.2, 0) is 0 Å². The lowest BCUT2D eigenvalue weighted by Gasteiger charge is -2.14. The maximum Gasteiger partial charge on any atom is 0.0474 e. The molecular formula is C18H17N3. The van der Waals surface area contributed by atoms with Crippen molar-refractivity contribution >= 4 is 17.1 Å². The molecule has 0 fully saturated rings. The molecule has 0 saturated heterocycles. The van der Waals surface area contributed by atoms with Crippen LogP contribution in [0.25, 0.3) is 22.3 Å². The molecule has 0 aliphatic heterocycles. The van der Waals surface area contributed by atoms with Crippen LogP contribution in [0.3, 0.4) is 0 Å². The number of para-hydroxylation sites is 3. The van der Waals surface area contributed by atoms with Crippen LogP contribution in [0.15, 0.2) is 66.7 Å². The molecule has 0 radical (unpaired) electrons. The number of benzene rings is 3. The summed E-state index contributed by atoms with van der Waals surface area (Å²) in [5.74, 6) is 0. The first-order chi connectivity index (χ1) is 10.2. The van der Waals surface area contributed by atoms with Crippen LogP contribution in [0.4, 0.5) is 17.1 Å². The molecule has 0 bridgehead atoms. The minimum atomic E-state index is 0.688. The molecule has 0 atom stereocenters. The Balaban J connectivity index is 2.21. The third kappa shape index (κ3) is 2.30. The molecule has 3 aromatic carbocycles. The van der Waals surface area contributed by atoms with Gasteiger partial charge in [-0.1, -0.05) is 54.6 Å². The first kappa shape index (κ1) is 13.1. The fourth-order valence-corrected chi connectivity index (χ4v) is 2.52. The molecule has 0 aliphatic rings. The highest BCUT2D eigenvalue weighted by molar-refractivity contribution is 5.94. The largest absolute Gasteiger partial charge is 0.398 e. The summed E-state index contributed by atoms with van der Waals surface area (Å²) in [6.07, 6.45) is 0. The first-order valence-electron chi connectivity index (χ1n) is 6.76. The standard InChI is InChI=1S/C18H17N3/c19-16-10-3-1-6-12(16)14-8-5-9-15(18(14)21)13-7-2-4-11-17(13)20/h1-11H,19-21H2. The number of hydrogen-bond acceptors (Lipinski definition) is 3. The van der Waals surface area contributed by atoms with E-state index < -0.39 is 0 Å². The van der Waals surface area contributed by atoms with E-state index in [0.717, 1.165) is 22.3 Å². The van der Waals surface area contributed by atoms with E-state index in [4.69, 9.17) is 17.2 Å². The van der Waals surface area contributed by atoms with Gasteiger partial charge in [0.1, 0.15) is 0 Å². The summed E-state index contributed by atoms with van der Waals surface area (Å²) in [5, 5.41) is 0. The van der Waals surface area contributed by atoms with Crippen molar-refractivity contribution in [2.45, 2.75) is 0 Å². The number of anilines is 3. The molecule has 3 heteroatoms. The Morgan fingerprint density at radius 1 is 0.429 bits per heavy atom. The van der Waals surface area contributed by atoms with E-state index in [9.17, 15) is 0 Å². The summed E-state index contributed by atoms with van der Waals surface area (Å²) in [4.78, 5) is 0. The number of hydrogen-bond donors (Lipinski definition) is 3. The summed E-state index contributed by atoms with van der Waals surface area (Å²) in [6.45, 7) is 0. The Hall–Kier alpha value is -2.94. The predicted molar refractivity (Wildman–Crippen MR) is 90.6 cm³/mol. The topological polar surface area (TPSA) is 78.1 Å². The Morgan fingerprint density at radius 2 is 0.810 bits per heavy atom. The third-order valence-electron chi connectivity index (χ3n) is 3.61. The molecule has 0 unspecified atom stereocenters. The average molecular weight is 275 g/mol. The number of nitrogens with two attached hydrogens (primary N) is 3. The van der Waals surface area contributed by atoms with Crippen LogP contribution < -0.4 is 17.2 Å². The van der Waals surface area contributed by atoms with Gasteiger partial charge < -0.3 is 17.2 Å². The molecule has 0 saturated carbocycles. The molecule has 0 spiro atoms. The smallest absolute Gasteiger partial charge is 0.0474 e. The quantitative estimate of drug-likeness (QED) is 0.623. The highest BCUT2D eigenvalue weighted by Gasteiger charge is 2.12. The molecule has 104 valence electrons. The second kappa shape index (κ2) is 5.21. The van der Waals surface area contributed by atoms with Crippen molar-refractivity contribution in [2.75, 3.05) is 17.2 Å². The van der Waals surface area contributed by atoms with Crippen molar-refractivity contribution in [3.05, 3.63) is 66.7 Å². The van der Waals surface area contributed by atoms with E-state index in [1.54, 1.807) is 0 Å². The van der Waals surface area contributed by atoms with E-state index in [0.29, 0.717) is 17.1 Å². The van der Waals surface area contributed by atoms with Gasteiger partial charge in [-0.05, 0) is 12.1 Å². The lowest BCUT2D eigenvalue weighted by molar-refractivity contribution is 1.57. The molecular weight excluding hydrogens is 258 g/mol. The van der Waals surface area contributed by atoms with Crippen molar-refractivity contribution in [1.82, 2.24) is 0 Å². The van der Waals surface area contributed by atoms with E-state index in [-0.39, 0.29) is 0 Å². The van der Waals surface area contributed by atoms with Gasteiger partial charge in [-0.2, -0.15) is 0 Å². The second-order valence-electron chi connectivity index (χ2n) is 4.94. The zero-order valence-electron chi connectivity index (χ0n) is 11.6.